The van der Waals surface area contributed by atoms with Gasteiger partial charge in [0.1, 0.15) is 0 Å². The van der Waals surface area contributed by atoms with E-state index in [1.165, 1.54) is 5.56 Å². The highest BCUT2D eigenvalue weighted by atomic mass is 15.0. The number of aromatic nitrogens is 2. The van der Waals surface area contributed by atoms with E-state index in [1.54, 1.807) is 0 Å². The van der Waals surface area contributed by atoms with Gasteiger partial charge < -0.3 is 4.57 Å². The first kappa shape index (κ1) is 11.5. The second-order valence-corrected chi connectivity index (χ2v) is 4.30. The molecule has 0 N–H and O–H groups in total. The lowest BCUT2D eigenvalue weighted by molar-refractivity contribution is 1.14. The van der Waals surface area contributed by atoms with E-state index >= 15 is 0 Å². The van der Waals surface area contributed by atoms with E-state index < -0.39 is 0 Å². The van der Waals surface area contributed by atoms with Gasteiger partial charge in [-0.25, -0.2) is 4.98 Å². The number of imidazole rings is 1. The van der Waals surface area contributed by atoms with E-state index in [0.29, 0.717) is 0 Å². The molecule has 0 saturated carbocycles. The van der Waals surface area contributed by atoms with Crippen LogP contribution in [0.15, 0.2) is 73.2 Å². The molecule has 0 saturated heterocycles. The Morgan fingerprint density at radius 2 is 1.53 bits per heavy atom. The van der Waals surface area contributed by atoms with Gasteiger partial charge in [0.2, 0.25) is 0 Å². The maximum absolute atomic E-state index is 4.41. The molecule has 0 amide bonds. The lowest BCUT2D eigenvalue weighted by atomic mass is 10.2. The molecule has 3 rings (SSSR count). The summed E-state index contributed by atoms with van der Waals surface area (Å²) in [5.41, 5.74) is 3.30. The zero-order chi connectivity index (χ0) is 12.9. The van der Waals surface area contributed by atoms with Gasteiger partial charge in [0, 0.05) is 18.0 Å². The molecule has 0 aliphatic carbocycles. The number of nitrogens with zero attached hydrogens (tertiary/aromatic N) is 2. The van der Waals surface area contributed by atoms with Crippen LogP contribution < -0.4 is 0 Å². The molecule has 1 aromatic heterocycles. The molecule has 0 spiro atoms. The lowest BCUT2D eigenvalue weighted by Gasteiger charge is -1.94. The summed E-state index contributed by atoms with van der Waals surface area (Å²) < 4.78 is 1.97. The molecule has 0 aliphatic rings. The first-order valence-electron chi connectivity index (χ1n) is 6.24. The molecule has 0 atom stereocenters. The van der Waals surface area contributed by atoms with E-state index in [4.69, 9.17) is 0 Å². The van der Waals surface area contributed by atoms with E-state index in [0.717, 1.165) is 11.3 Å². The van der Waals surface area contributed by atoms with Crippen molar-refractivity contribution in [3.8, 4) is 11.3 Å². The second-order valence-electron chi connectivity index (χ2n) is 4.30. The highest BCUT2D eigenvalue weighted by Gasteiger charge is 1.99. The van der Waals surface area contributed by atoms with Crippen LogP contribution in [0.25, 0.3) is 23.5 Å². The van der Waals surface area contributed by atoms with Crippen molar-refractivity contribution >= 4 is 12.3 Å². The van der Waals surface area contributed by atoms with Crippen molar-refractivity contribution in [3.05, 3.63) is 78.8 Å². The Morgan fingerprint density at radius 1 is 0.842 bits per heavy atom. The fraction of sp³-hybridized carbons (Fsp3) is 0. The molecule has 92 valence electrons. The molecular weight excluding hydrogens is 232 g/mol. The zero-order valence-electron chi connectivity index (χ0n) is 10.5. The van der Waals surface area contributed by atoms with Gasteiger partial charge in [-0.1, -0.05) is 60.7 Å². The Kier molecular flexibility index (Phi) is 3.24. The largest absolute Gasteiger partial charge is 0.312 e. The third-order valence-electron chi connectivity index (χ3n) is 2.91. The monoisotopic (exact) mass is 246 g/mol. The van der Waals surface area contributed by atoms with Crippen LogP contribution in [-0.2, 0) is 0 Å². The average molecular weight is 246 g/mol. The van der Waals surface area contributed by atoms with Crippen molar-refractivity contribution in [2.24, 2.45) is 0 Å². The molecule has 2 aromatic carbocycles. The molecule has 0 radical (unpaired) electrons. The number of hydrogen-bond donors (Lipinski definition) is 0. The zero-order valence-corrected chi connectivity index (χ0v) is 10.5. The molecular formula is C17H14N2. The van der Waals surface area contributed by atoms with Crippen molar-refractivity contribution < 1.29 is 0 Å². The Labute approximate surface area is 112 Å². The molecule has 1 heterocycles. The molecule has 2 nitrogen and oxygen atoms in total. The minimum Gasteiger partial charge on any atom is -0.312 e. The summed E-state index contributed by atoms with van der Waals surface area (Å²) in [7, 11) is 0. The first-order chi connectivity index (χ1) is 9.42. The van der Waals surface area contributed by atoms with Crippen molar-refractivity contribution in [1.29, 1.82) is 0 Å². The number of benzene rings is 2. The van der Waals surface area contributed by atoms with Gasteiger partial charge in [0.15, 0.2) is 0 Å². The van der Waals surface area contributed by atoms with Crippen molar-refractivity contribution in [3.63, 3.8) is 0 Å². The van der Waals surface area contributed by atoms with Crippen LogP contribution in [0.3, 0.4) is 0 Å². The Hall–Kier alpha value is -2.61. The van der Waals surface area contributed by atoms with Crippen LogP contribution in [0, 0.1) is 0 Å². The van der Waals surface area contributed by atoms with Gasteiger partial charge >= 0.3 is 0 Å². The van der Waals surface area contributed by atoms with E-state index in [1.807, 2.05) is 59.7 Å². The molecule has 3 aromatic rings. The Balaban J connectivity index is 1.81. The molecule has 0 aliphatic heterocycles. The topological polar surface area (TPSA) is 17.8 Å². The summed E-state index contributed by atoms with van der Waals surface area (Å²) in [6.45, 7) is 0. The van der Waals surface area contributed by atoms with Crippen LogP contribution in [0.4, 0.5) is 0 Å². The summed E-state index contributed by atoms with van der Waals surface area (Å²) in [4.78, 5) is 4.41. The smallest absolute Gasteiger partial charge is 0.0994 e. The molecule has 0 bridgehead atoms. The van der Waals surface area contributed by atoms with Crippen LogP contribution in [0.2, 0.25) is 0 Å². The van der Waals surface area contributed by atoms with E-state index in [9.17, 15) is 0 Å². The fourth-order valence-corrected chi connectivity index (χ4v) is 1.91. The maximum atomic E-state index is 4.41. The van der Waals surface area contributed by atoms with Gasteiger partial charge in [-0.2, -0.15) is 0 Å². The highest BCUT2D eigenvalue weighted by Crippen LogP contribution is 2.16. The molecule has 19 heavy (non-hydrogen) atoms. The van der Waals surface area contributed by atoms with Crippen molar-refractivity contribution in [2.75, 3.05) is 0 Å². The highest BCUT2D eigenvalue weighted by molar-refractivity contribution is 5.63. The quantitative estimate of drug-likeness (QED) is 0.678. The Bertz CT molecular complexity index is 667. The van der Waals surface area contributed by atoms with Crippen LogP contribution in [-0.4, -0.2) is 9.55 Å². The van der Waals surface area contributed by atoms with Gasteiger partial charge in [0.25, 0.3) is 0 Å². The summed E-state index contributed by atoms with van der Waals surface area (Å²) >= 11 is 0. The minimum absolute atomic E-state index is 0.985. The van der Waals surface area contributed by atoms with Crippen LogP contribution >= 0.6 is 0 Å². The van der Waals surface area contributed by atoms with Gasteiger partial charge in [0.05, 0.1) is 12.0 Å². The van der Waals surface area contributed by atoms with Crippen LogP contribution in [0.5, 0.6) is 0 Å². The predicted octanol–water partition coefficient (Wildman–Crippen LogP) is 4.18. The van der Waals surface area contributed by atoms with Gasteiger partial charge in [-0.05, 0) is 11.6 Å². The van der Waals surface area contributed by atoms with Gasteiger partial charge in [-0.15, -0.1) is 0 Å². The van der Waals surface area contributed by atoms with E-state index in [-0.39, 0.29) is 0 Å². The fourth-order valence-electron chi connectivity index (χ4n) is 1.91. The SMILES string of the molecule is C(=Cn1cnc(-c2ccccc2)c1)c1ccccc1. The normalized spacial score (nSPS) is 10.9. The summed E-state index contributed by atoms with van der Waals surface area (Å²) in [5, 5.41) is 0. The van der Waals surface area contributed by atoms with Crippen molar-refractivity contribution in [2.45, 2.75) is 0 Å². The minimum atomic E-state index is 0.985. The van der Waals surface area contributed by atoms with Gasteiger partial charge in [-0.3, -0.25) is 0 Å². The first-order valence-corrected chi connectivity index (χ1v) is 6.24. The molecule has 2 heteroatoms. The third kappa shape index (κ3) is 2.80. The lowest BCUT2D eigenvalue weighted by Crippen LogP contribution is -1.79. The molecule has 0 fully saturated rings. The average Bonchev–Trinajstić information content (AvgIpc) is 2.96. The van der Waals surface area contributed by atoms with E-state index in [2.05, 4.69) is 35.3 Å². The number of rotatable bonds is 3. The number of hydrogen-bond acceptors (Lipinski definition) is 1. The summed E-state index contributed by atoms with van der Waals surface area (Å²) in [5.74, 6) is 0. The Morgan fingerprint density at radius 3 is 2.26 bits per heavy atom. The third-order valence-corrected chi connectivity index (χ3v) is 2.91. The second kappa shape index (κ2) is 5.36. The maximum Gasteiger partial charge on any atom is 0.0994 e. The summed E-state index contributed by atoms with van der Waals surface area (Å²) in [6, 6.07) is 20.4. The standard InChI is InChI=1S/C17H14N2/c1-3-7-15(8-4-1)11-12-19-13-17(18-14-19)16-9-5-2-6-10-16/h1-14H. The summed E-state index contributed by atoms with van der Waals surface area (Å²) in [6.07, 6.45) is 7.92. The van der Waals surface area contributed by atoms with Crippen molar-refractivity contribution in [1.82, 2.24) is 9.55 Å². The van der Waals surface area contributed by atoms with Crippen LogP contribution in [0.1, 0.15) is 5.56 Å². The predicted molar refractivity (Wildman–Crippen MR) is 79.3 cm³/mol. The molecule has 0 unspecified atom stereocenters.